The summed E-state index contributed by atoms with van der Waals surface area (Å²) in [5.41, 5.74) is 4.06. The van der Waals surface area contributed by atoms with E-state index in [1.54, 1.807) is 13.8 Å². The molecule has 5 heterocycles. The van der Waals surface area contributed by atoms with Crippen LogP contribution in [0.25, 0.3) is 32.9 Å². The van der Waals surface area contributed by atoms with Gasteiger partial charge in [-0.1, -0.05) is 6.07 Å². The lowest BCUT2D eigenvalue weighted by molar-refractivity contribution is 0.0591. The average Bonchev–Trinajstić information content (AvgIpc) is 3.47. The predicted molar refractivity (Wildman–Crippen MR) is 184 cm³/mol. The van der Waals surface area contributed by atoms with Crippen molar-refractivity contribution in [2.45, 2.75) is 37.8 Å². The van der Waals surface area contributed by atoms with Crippen LogP contribution in [0.15, 0.2) is 84.1 Å². The second-order valence-corrected chi connectivity index (χ2v) is 12.8. The quantitative estimate of drug-likeness (QED) is 0.157. The van der Waals surface area contributed by atoms with E-state index in [0.29, 0.717) is 25.6 Å². The number of morpholine rings is 1. The first kappa shape index (κ1) is 29.9. The van der Waals surface area contributed by atoms with Crippen molar-refractivity contribution < 1.29 is 9.84 Å². The molecule has 1 saturated heterocycles. The number of aliphatic hydroxyl groups is 1. The first-order valence-corrected chi connectivity index (χ1v) is 16.0. The lowest BCUT2D eigenvalue weighted by Gasteiger charge is -2.27. The number of ether oxygens (including phenoxy) is 1. The van der Waals surface area contributed by atoms with Crippen molar-refractivity contribution in [1.82, 2.24) is 29.9 Å². The third kappa shape index (κ3) is 6.45. The van der Waals surface area contributed by atoms with Crippen molar-refractivity contribution in [2.24, 2.45) is 0 Å². The van der Waals surface area contributed by atoms with Gasteiger partial charge in [-0.15, -0.1) is 10.2 Å². The zero-order chi connectivity index (χ0) is 31.7. The molecule has 0 saturated carbocycles. The maximum Gasteiger partial charge on any atom is 0.158 e. The van der Waals surface area contributed by atoms with E-state index in [0.717, 1.165) is 73.8 Å². The summed E-state index contributed by atoms with van der Waals surface area (Å²) in [6, 6.07) is 20.2. The van der Waals surface area contributed by atoms with Gasteiger partial charge in [0.15, 0.2) is 11.6 Å². The largest absolute Gasteiger partial charge is 0.389 e. The van der Waals surface area contributed by atoms with Crippen molar-refractivity contribution >= 4 is 56.8 Å². The molecule has 6 aromatic rings. The number of nitrogens with one attached hydrogen (secondary N) is 2. The predicted octanol–water partition coefficient (Wildman–Crippen LogP) is 6.22. The molecule has 0 atom stereocenters. The highest BCUT2D eigenvalue weighted by molar-refractivity contribution is 8.00. The van der Waals surface area contributed by atoms with E-state index >= 15 is 0 Å². The minimum atomic E-state index is -0.860. The molecule has 0 aliphatic carbocycles. The van der Waals surface area contributed by atoms with E-state index in [9.17, 15) is 5.11 Å². The number of benzene rings is 2. The molecule has 1 aliphatic heterocycles. The fourth-order valence-electron chi connectivity index (χ4n) is 5.60. The van der Waals surface area contributed by atoms with Crippen molar-refractivity contribution in [3.8, 4) is 11.3 Å². The van der Waals surface area contributed by atoms with Gasteiger partial charge < -0.3 is 24.8 Å². The minimum absolute atomic E-state index is 0.414. The molecular formula is C34H35N9O2S. The first-order valence-electron chi connectivity index (χ1n) is 15.2. The molecule has 7 rings (SSSR count). The third-order valence-corrected chi connectivity index (χ3v) is 8.74. The highest BCUT2D eigenvalue weighted by atomic mass is 32.2. The lowest BCUT2D eigenvalue weighted by atomic mass is 9.98. The summed E-state index contributed by atoms with van der Waals surface area (Å²) in [6.07, 6.45) is 5.56. The molecule has 2 aromatic carbocycles. The van der Waals surface area contributed by atoms with E-state index < -0.39 is 5.60 Å². The number of nitrogens with zero attached hydrogens (tertiary/aromatic N) is 7. The third-order valence-electron chi connectivity index (χ3n) is 7.92. The van der Waals surface area contributed by atoms with Gasteiger partial charge in [0, 0.05) is 57.8 Å². The fourth-order valence-corrected chi connectivity index (χ4v) is 6.20. The monoisotopic (exact) mass is 633 g/mol. The van der Waals surface area contributed by atoms with Crippen LogP contribution in [0.4, 0.5) is 23.1 Å². The van der Waals surface area contributed by atoms with Crippen LogP contribution in [0.3, 0.4) is 0 Å². The minimum Gasteiger partial charge on any atom is -0.389 e. The van der Waals surface area contributed by atoms with Gasteiger partial charge in [-0.2, -0.15) is 5.10 Å². The van der Waals surface area contributed by atoms with Crippen molar-refractivity contribution in [1.29, 1.82) is 0 Å². The van der Waals surface area contributed by atoms with Crippen LogP contribution in [0, 0.1) is 6.92 Å². The zero-order valence-electron chi connectivity index (χ0n) is 25.9. The van der Waals surface area contributed by atoms with Gasteiger partial charge >= 0.3 is 0 Å². The topological polar surface area (TPSA) is 126 Å². The molecule has 4 aromatic heterocycles. The Balaban J connectivity index is 1.06. The fraction of sp³-hybridized carbons (Fsp3) is 0.265. The molecule has 3 N–H and O–H groups in total. The Morgan fingerprint density at radius 2 is 1.74 bits per heavy atom. The summed E-state index contributed by atoms with van der Waals surface area (Å²) in [4.78, 5) is 12.7. The van der Waals surface area contributed by atoms with Crippen LogP contribution in [0.2, 0.25) is 0 Å². The van der Waals surface area contributed by atoms with Gasteiger partial charge in [-0.3, -0.25) is 9.67 Å². The summed E-state index contributed by atoms with van der Waals surface area (Å²) in [7, 11) is 0. The average molecular weight is 634 g/mol. The summed E-state index contributed by atoms with van der Waals surface area (Å²) in [5, 5.41) is 30.1. The van der Waals surface area contributed by atoms with Gasteiger partial charge in [-0.25, -0.2) is 4.98 Å². The number of hydrogen-bond donors (Lipinski definition) is 3. The summed E-state index contributed by atoms with van der Waals surface area (Å²) in [5.74, 6) is 2.30. The molecule has 0 amide bonds. The number of aryl methyl sites for hydroxylation is 1. The molecular weight excluding hydrogens is 599 g/mol. The Kier molecular flexibility index (Phi) is 8.16. The Morgan fingerprint density at radius 3 is 2.50 bits per heavy atom. The van der Waals surface area contributed by atoms with Crippen LogP contribution >= 0.6 is 11.9 Å². The first-order chi connectivity index (χ1) is 22.3. The van der Waals surface area contributed by atoms with Gasteiger partial charge in [0.2, 0.25) is 0 Å². The Morgan fingerprint density at radius 1 is 0.913 bits per heavy atom. The highest BCUT2D eigenvalue weighted by Crippen LogP contribution is 2.34. The molecule has 0 spiro atoms. The van der Waals surface area contributed by atoms with E-state index in [4.69, 9.17) is 9.72 Å². The van der Waals surface area contributed by atoms with E-state index in [2.05, 4.69) is 54.3 Å². The molecule has 1 fully saturated rings. The van der Waals surface area contributed by atoms with E-state index in [-0.39, 0.29) is 0 Å². The maximum absolute atomic E-state index is 10.3. The number of hydrogen-bond acceptors (Lipinski definition) is 11. The number of aromatic nitrogens is 6. The molecule has 0 unspecified atom stereocenters. The number of anilines is 4. The molecule has 11 nitrogen and oxygen atoms in total. The highest BCUT2D eigenvalue weighted by Gasteiger charge is 2.19. The van der Waals surface area contributed by atoms with Gasteiger partial charge in [0.05, 0.1) is 42.8 Å². The molecule has 1 aliphatic rings. The van der Waals surface area contributed by atoms with Crippen molar-refractivity contribution in [3.63, 3.8) is 0 Å². The smallest absolute Gasteiger partial charge is 0.158 e. The van der Waals surface area contributed by atoms with Crippen molar-refractivity contribution in [3.05, 3.63) is 84.8 Å². The lowest BCUT2D eigenvalue weighted by Crippen LogP contribution is -2.36. The molecule has 234 valence electrons. The van der Waals surface area contributed by atoms with Gasteiger partial charge in [-0.05, 0) is 92.9 Å². The Labute approximate surface area is 271 Å². The molecule has 0 radical (unpaired) electrons. The normalized spacial score (nSPS) is 13.8. The second-order valence-electron chi connectivity index (χ2n) is 12.0. The standard InChI is InChI=1S/C34H35N9O2S/c1-22-26(8-9-29-28(22)20-37-43(29)21-34(2,3)44)33-27-18-31(36-19-23(27)12-13-35-33)38-24-4-6-25(7-5-24)46-41-30-10-11-32(40-39-30)42-14-16-45-17-15-42/h4-13,18-20,44H,14-17,21H2,1-3H3,(H,36,38)(H,39,41). The van der Waals surface area contributed by atoms with Crippen LogP contribution in [-0.2, 0) is 11.3 Å². The molecule has 12 heteroatoms. The van der Waals surface area contributed by atoms with Crippen LogP contribution in [0.5, 0.6) is 0 Å². The number of fused-ring (bicyclic) bond motifs is 2. The maximum atomic E-state index is 10.3. The van der Waals surface area contributed by atoms with Gasteiger partial charge in [0.25, 0.3) is 0 Å². The van der Waals surface area contributed by atoms with Crippen LogP contribution in [0.1, 0.15) is 19.4 Å². The summed E-state index contributed by atoms with van der Waals surface area (Å²) in [6.45, 7) is 9.18. The number of pyridine rings is 2. The molecule has 46 heavy (non-hydrogen) atoms. The van der Waals surface area contributed by atoms with Crippen molar-refractivity contribution in [2.75, 3.05) is 41.2 Å². The van der Waals surface area contributed by atoms with Crippen LogP contribution < -0.4 is 14.9 Å². The molecule has 0 bridgehead atoms. The summed E-state index contributed by atoms with van der Waals surface area (Å²) >= 11 is 1.48. The SMILES string of the molecule is Cc1c(-c2nccc3cnc(Nc4ccc(SNc5ccc(N6CCOCC6)nn5)cc4)cc23)ccc2c1cnn2CC(C)(C)O. The Hall–Kier alpha value is -4.78. The van der Waals surface area contributed by atoms with E-state index in [1.165, 1.54) is 11.9 Å². The second kappa shape index (κ2) is 12.5. The van der Waals surface area contributed by atoms with Gasteiger partial charge in [0.1, 0.15) is 5.82 Å². The van der Waals surface area contributed by atoms with Crippen LogP contribution in [-0.4, -0.2) is 67.0 Å². The Bertz CT molecular complexity index is 1980. The summed E-state index contributed by atoms with van der Waals surface area (Å²) < 4.78 is 10.5. The van der Waals surface area contributed by atoms with E-state index in [1.807, 2.05) is 71.8 Å². The zero-order valence-corrected chi connectivity index (χ0v) is 26.8. The number of rotatable bonds is 9.